The first-order valence-corrected chi connectivity index (χ1v) is 8.99. The molecule has 0 unspecified atom stereocenters. The van der Waals surface area contributed by atoms with Crippen molar-refractivity contribution in [2.45, 2.75) is 18.9 Å². The number of aromatic nitrogens is 2. The molecule has 124 valence electrons. The quantitative estimate of drug-likeness (QED) is 0.572. The van der Waals surface area contributed by atoms with Crippen molar-refractivity contribution in [3.8, 4) is 10.6 Å². The molecule has 25 heavy (non-hydrogen) atoms. The molecule has 2 heterocycles. The SMILES string of the molecule is O=C(NC1CC1)c1ccc2[nH]nc(-c3cc4ccccc4s3)c2c1F. The van der Waals surface area contributed by atoms with E-state index in [4.69, 9.17) is 0 Å². The lowest BCUT2D eigenvalue weighted by atomic mass is 10.1. The van der Waals surface area contributed by atoms with E-state index in [9.17, 15) is 4.79 Å². The van der Waals surface area contributed by atoms with E-state index in [1.54, 1.807) is 17.4 Å². The second-order valence-corrected chi connectivity index (χ2v) is 7.40. The highest BCUT2D eigenvalue weighted by Gasteiger charge is 2.26. The minimum absolute atomic E-state index is 0.0724. The zero-order chi connectivity index (χ0) is 17.0. The van der Waals surface area contributed by atoms with Crippen LogP contribution in [0.15, 0.2) is 42.5 Å². The van der Waals surface area contributed by atoms with Gasteiger partial charge in [-0.15, -0.1) is 11.3 Å². The number of nitrogens with one attached hydrogen (secondary N) is 2. The van der Waals surface area contributed by atoms with E-state index in [-0.39, 0.29) is 17.5 Å². The Morgan fingerprint density at radius 2 is 2.08 bits per heavy atom. The maximum atomic E-state index is 15.1. The van der Waals surface area contributed by atoms with E-state index in [1.165, 1.54) is 6.07 Å². The molecular weight excluding hydrogens is 337 g/mol. The number of benzene rings is 2. The summed E-state index contributed by atoms with van der Waals surface area (Å²) in [5, 5.41) is 11.5. The summed E-state index contributed by atoms with van der Waals surface area (Å²) in [5.41, 5.74) is 1.21. The van der Waals surface area contributed by atoms with Gasteiger partial charge in [0.25, 0.3) is 5.91 Å². The number of carbonyl (C=O) groups excluding carboxylic acids is 1. The van der Waals surface area contributed by atoms with Crippen molar-refractivity contribution < 1.29 is 9.18 Å². The van der Waals surface area contributed by atoms with Crippen molar-refractivity contribution in [1.82, 2.24) is 15.5 Å². The Morgan fingerprint density at radius 1 is 1.24 bits per heavy atom. The van der Waals surface area contributed by atoms with Gasteiger partial charge in [-0.25, -0.2) is 4.39 Å². The molecule has 2 N–H and O–H groups in total. The highest BCUT2D eigenvalue weighted by molar-refractivity contribution is 7.22. The standard InChI is InChI=1S/C19H14FN3OS/c20-17-12(19(24)21-11-5-6-11)7-8-13-16(17)18(23-22-13)15-9-10-3-1-2-4-14(10)25-15/h1-4,7-9,11H,5-6H2,(H,21,24)(H,22,23). The molecule has 0 atom stereocenters. The highest BCUT2D eigenvalue weighted by Crippen LogP contribution is 2.37. The van der Waals surface area contributed by atoms with Gasteiger partial charge in [0.15, 0.2) is 0 Å². The Morgan fingerprint density at radius 3 is 2.88 bits per heavy atom. The van der Waals surface area contributed by atoms with Crippen molar-refractivity contribution in [3.05, 3.63) is 53.8 Å². The summed E-state index contributed by atoms with van der Waals surface area (Å²) >= 11 is 1.56. The molecular formula is C19H14FN3OS. The Labute approximate surface area is 146 Å². The molecule has 4 aromatic rings. The molecule has 0 radical (unpaired) electrons. The first-order valence-electron chi connectivity index (χ1n) is 8.17. The zero-order valence-corrected chi connectivity index (χ0v) is 14.0. The highest BCUT2D eigenvalue weighted by atomic mass is 32.1. The molecule has 0 aliphatic heterocycles. The third-order valence-electron chi connectivity index (χ3n) is 4.48. The second-order valence-electron chi connectivity index (χ2n) is 6.32. The summed E-state index contributed by atoms with van der Waals surface area (Å²) in [6.07, 6.45) is 1.93. The van der Waals surface area contributed by atoms with E-state index >= 15 is 4.39 Å². The van der Waals surface area contributed by atoms with E-state index in [2.05, 4.69) is 15.5 Å². The topological polar surface area (TPSA) is 57.8 Å². The molecule has 0 saturated heterocycles. The fourth-order valence-electron chi connectivity index (χ4n) is 3.02. The number of carbonyl (C=O) groups is 1. The Kier molecular flexibility index (Phi) is 3.15. The van der Waals surface area contributed by atoms with Crippen molar-refractivity contribution >= 4 is 38.2 Å². The molecule has 2 aromatic heterocycles. The molecule has 1 aliphatic rings. The number of nitrogens with zero attached hydrogens (tertiary/aromatic N) is 1. The molecule has 0 bridgehead atoms. The average Bonchev–Trinajstić information content (AvgIpc) is 3.16. The molecule has 5 rings (SSSR count). The van der Waals surface area contributed by atoms with Crippen LogP contribution in [0, 0.1) is 5.82 Å². The van der Waals surface area contributed by atoms with Gasteiger partial charge in [-0.05, 0) is 42.5 Å². The van der Waals surface area contributed by atoms with Gasteiger partial charge in [0, 0.05) is 10.7 Å². The summed E-state index contributed by atoms with van der Waals surface area (Å²) in [5.74, 6) is -0.873. The van der Waals surface area contributed by atoms with Crippen molar-refractivity contribution in [1.29, 1.82) is 0 Å². The summed E-state index contributed by atoms with van der Waals surface area (Å²) < 4.78 is 16.2. The van der Waals surface area contributed by atoms with E-state index in [0.717, 1.165) is 27.8 Å². The van der Waals surface area contributed by atoms with Crippen LogP contribution >= 0.6 is 11.3 Å². The number of halogens is 1. The van der Waals surface area contributed by atoms with Gasteiger partial charge in [-0.1, -0.05) is 18.2 Å². The minimum atomic E-state index is -0.517. The number of hydrogen-bond acceptors (Lipinski definition) is 3. The van der Waals surface area contributed by atoms with Gasteiger partial charge < -0.3 is 5.32 Å². The average molecular weight is 351 g/mol. The minimum Gasteiger partial charge on any atom is -0.349 e. The van der Waals surface area contributed by atoms with E-state index < -0.39 is 5.82 Å². The van der Waals surface area contributed by atoms with Crippen LogP contribution in [0.5, 0.6) is 0 Å². The lowest BCUT2D eigenvalue weighted by Gasteiger charge is -2.05. The summed E-state index contributed by atoms with van der Waals surface area (Å²) in [4.78, 5) is 13.2. The first-order chi connectivity index (χ1) is 12.2. The van der Waals surface area contributed by atoms with Crippen LogP contribution in [0.2, 0.25) is 0 Å². The molecule has 2 aromatic carbocycles. The number of amides is 1. The Bertz CT molecular complexity index is 1090. The molecule has 1 fully saturated rings. The molecule has 6 heteroatoms. The maximum Gasteiger partial charge on any atom is 0.254 e. The molecule has 1 aliphatic carbocycles. The second kappa shape index (κ2) is 5.39. The van der Waals surface area contributed by atoms with Crippen LogP contribution < -0.4 is 5.32 Å². The maximum absolute atomic E-state index is 15.1. The predicted octanol–water partition coefficient (Wildman–Crippen LogP) is 4.48. The van der Waals surface area contributed by atoms with Crippen molar-refractivity contribution in [2.24, 2.45) is 0 Å². The number of H-pyrrole nitrogens is 1. The monoisotopic (exact) mass is 351 g/mol. The third-order valence-corrected chi connectivity index (χ3v) is 5.61. The smallest absolute Gasteiger partial charge is 0.254 e. The number of hydrogen-bond donors (Lipinski definition) is 2. The van der Waals surface area contributed by atoms with Gasteiger partial charge >= 0.3 is 0 Å². The third kappa shape index (κ3) is 2.41. The van der Waals surface area contributed by atoms with Gasteiger partial charge in [-0.3, -0.25) is 9.89 Å². The van der Waals surface area contributed by atoms with Crippen LogP contribution in [-0.2, 0) is 0 Å². The van der Waals surface area contributed by atoms with Crippen molar-refractivity contribution in [3.63, 3.8) is 0 Å². The van der Waals surface area contributed by atoms with Crippen molar-refractivity contribution in [2.75, 3.05) is 0 Å². The Balaban J connectivity index is 1.66. The van der Waals surface area contributed by atoms with E-state index in [0.29, 0.717) is 16.6 Å². The number of rotatable bonds is 3. The predicted molar refractivity (Wildman–Crippen MR) is 97.4 cm³/mol. The summed E-state index contributed by atoms with van der Waals surface area (Å²) in [6, 6.07) is 13.4. The lowest BCUT2D eigenvalue weighted by molar-refractivity contribution is 0.0947. The van der Waals surface area contributed by atoms with Crippen LogP contribution in [0.1, 0.15) is 23.2 Å². The van der Waals surface area contributed by atoms with E-state index in [1.807, 2.05) is 30.3 Å². The van der Waals surface area contributed by atoms with Crippen LogP contribution in [-0.4, -0.2) is 22.1 Å². The summed E-state index contributed by atoms with van der Waals surface area (Å²) in [6.45, 7) is 0. The van der Waals surface area contributed by atoms with Gasteiger partial charge in [0.2, 0.25) is 0 Å². The number of thiophene rings is 1. The summed E-state index contributed by atoms with van der Waals surface area (Å²) in [7, 11) is 0. The van der Waals surface area contributed by atoms with Gasteiger partial charge in [0.1, 0.15) is 11.5 Å². The zero-order valence-electron chi connectivity index (χ0n) is 13.2. The fraction of sp³-hybridized carbons (Fsp3) is 0.158. The van der Waals surface area contributed by atoms with Gasteiger partial charge in [0.05, 0.1) is 21.3 Å². The number of aromatic amines is 1. The molecule has 4 nitrogen and oxygen atoms in total. The lowest BCUT2D eigenvalue weighted by Crippen LogP contribution is -2.26. The van der Waals surface area contributed by atoms with Crippen LogP contribution in [0.3, 0.4) is 0 Å². The largest absolute Gasteiger partial charge is 0.349 e. The van der Waals surface area contributed by atoms with Crippen LogP contribution in [0.25, 0.3) is 31.6 Å². The molecule has 1 saturated carbocycles. The fourth-order valence-corrected chi connectivity index (χ4v) is 4.07. The van der Waals surface area contributed by atoms with Gasteiger partial charge in [-0.2, -0.15) is 5.10 Å². The normalized spacial score (nSPS) is 14.3. The van der Waals surface area contributed by atoms with Crippen LogP contribution in [0.4, 0.5) is 4.39 Å². The molecule has 1 amide bonds. The number of fused-ring (bicyclic) bond motifs is 2. The Hall–Kier alpha value is -2.73. The molecule has 0 spiro atoms. The first kappa shape index (κ1) is 14.6.